The van der Waals surface area contributed by atoms with Crippen LogP contribution < -0.4 is 5.32 Å². The number of nitrogens with one attached hydrogen (secondary N) is 1. The number of carbonyl (C=O) groups excluding carboxylic acids is 1. The average Bonchev–Trinajstić information content (AvgIpc) is 2.55. The smallest absolute Gasteiger partial charge is 0.241 e. The first-order chi connectivity index (χ1) is 8.45. The van der Waals surface area contributed by atoms with Crippen LogP contribution in [-0.2, 0) is 16.1 Å². The Morgan fingerprint density at radius 3 is 2.78 bits per heavy atom. The molecule has 0 spiro atoms. The van der Waals surface area contributed by atoms with Gasteiger partial charge in [-0.05, 0) is 13.8 Å². The molecule has 0 saturated heterocycles. The van der Waals surface area contributed by atoms with Crippen LogP contribution in [0.2, 0.25) is 5.02 Å². The zero-order valence-corrected chi connectivity index (χ0v) is 11.5. The lowest BCUT2D eigenvalue weighted by Crippen LogP contribution is -2.36. The molecular weight excluding hydrogens is 258 g/mol. The second-order valence-corrected chi connectivity index (χ2v) is 4.43. The Kier molecular flexibility index (Phi) is 5.58. The molecule has 0 bridgehead atoms. The number of methoxy groups -OCH3 is 1. The Morgan fingerprint density at radius 2 is 2.28 bits per heavy atom. The van der Waals surface area contributed by atoms with Crippen molar-refractivity contribution in [2.45, 2.75) is 26.5 Å². The lowest BCUT2D eigenvalue weighted by atomic mass is 10.3. The van der Waals surface area contributed by atoms with Crippen molar-refractivity contribution in [3.63, 3.8) is 0 Å². The molecule has 1 amide bonds. The van der Waals surface area contributed by atoms with Gasteiger partial charge in [-0.25, -0.2) is 0 Å². The predicted octanol–water partition coefficient (Wildman–Crippen LogP) is 0.277. The molecule has 1 heterocycles. The standard InChI is InChI=1S/C11H18ClN3O3/c1-7-11(12)8(2)15(14-7)5-10(17)13-4-9(16)6-18-3/h9,16H,4-6H2,1-3H3,(H,13,17). The molecule has 1 aromatic rings. The van der Waals surface area contributed by atoms with Crippen molar-refractivity contribution in [3.05, 3.63) is 16.4 Å². The molecule has 1 rings (SSSR count). The van der Waals surface area contributed by atoms with E-state index < -0.39 is 6.10 Å². The van der Waals surface area contributed by atoms with Gasteiger partial charge in [0.05, 0.1) is 29.1 Å². The fourth-order valence-electron chi connectivity index (χ4n) is 1.50. The van der Waals surface area contributed by atoms with Crippen LogP contribution in [-0.4, -0.2) is 47.2 Å². The molecule has 0 saturated carbocycles. The molecule has 0 fully saturated rings. The van der Waals surface area contributed by atoms with E-state index in [9.17, 15) is 9.90 Å². The van der Waals surface area contributed by atoms with Gasteiger partial charge in [-0.1, -0.05) is 11.6 Å². The van der Waals surface area contributed by atoms with Gasteiger partial charge in [-0.15, -0.1) is 0 Å². The van der Waals surface area contributed by atoms with Gasteiger partial charge in [0.25, 0.3) is 0 Å². The molecule has 1 unspecified atom stereocenters. The molecule has 2 N–H and O–H groups in total. The molecule has 6 nitrogen and oxygen atoms in total. The Hall–Kier alpha value is -1.11. The van der Waals surface area contributed by atoms with Gasteiger partial charge >= 0.3 is 0 Å². The van der Waals surface area contributed by atoms with Crippen LogP contribution >= 0.6 is 11.6 Å². The van der Waals surface area contributed by atoms with Crippen molar-refractivity contribution >= 4 is 17.5 Å². The van der Waals surface area contributed by atoms with E-state index in [1.807, 2.05) is 0 Å². The number of aliphatic hydroxyl groups is 1. The molecule has 0 aliphatic carbocycles. The summed E-state index contributed by atoms with van der Waals surface area (Å²) in [6, 6.07) is 0. The van der Waals surface area contributed by atoms with Gasteiger partial charge in [-0.2, -0.15) is 5.10 Å². The first-order valence-corrected chi connectivity index (χ1v) is 5.96. The van der Waals surface area contributed by atoms with Crippen LogP contribution in [0.1, 0.15) is 11.4 Å². The molecule has 0 aliphatic rings. The number of ether oxygens (including phenoxy) is 1. The highest BCUT2D eigenvalue weighted by atomic mass is 35.5. The third-order valence-electron chi connectivity index (χ3n) is 2.48. The van der Waals surface area contributed by atoms with E-state index >= 15 is 0 Å². The second-order valence-electron chi connectivity index (χ2n) is 4.06. The summed E-state index contributed by atoms with van der Waals surface area (Å²) in [6.07, 6.45) is -0.706. The number of amides is 1. The molecule has 1 aromatic heterocycles. The van der Waals surface area contributed by atoms with Gasteiger partial charge in [0.1, 0.15) is 6.54 Å². The van der Waals surface area contributed by atoms with E-state index in [0.29, 0.717) is 10.7 Å². The summed E-state index contributed by atoms with van der Waals surface area (Å²) >= 11 is 5.98. The Balaban J connectivity index is 2.47. The topological polar surface area (TPSA) is 76.4 Å². The molecule has 0 radical (unpaired) electrons. The maximum Gasteiger partial charge on any atom is 0.241 e. The zero-order valence-electron chi connectivity index (χ0n) is 10.7. The van der Waals surface area contributed by atoms with Crippen molar-refractivity contribution in [1.29, 1.82) is 0 Å². The predicted molar refractivity (Wildman–Crippen MR) is 67.6 cm³/mol. The van der Waals surface area contributed by atoms with E-state index in [1.54, 1.807) is 13.8 Å². The molecule has 0 aromatic carbocycles. The SMILES string of the molecule is COCC(O)CNC(=O)Cn1nc(C)c(Cl)c1C. The van der Waals surface area contributed by atoms with Crippen LogP contribution in [0.3, 0.4) is 0 Å². The summed E-state index contributed by atoms with van der Waals surface area (Å²) < 4.78 is 6.29. The average molecular weight is 276 g/mol. The van der Waals surface area contributed by atoms with E-state index in [4.69, 9.17) is 16.3 Å². The monoisotopic (exact) mass is 275 g/mol. The third kappa shape index (κ3) is 3.97. The molecule has 0 aliphatic heterocycles. The van der Waals surface area contributed by atoms with E-state index in [1.165, 1.54) is 11.8 Å². The number of aromatic nitrogens is 2. The van der Waals surface area contributed by atoms with Crippen LogP contribution in [0.4, 0.5) is 0 Å². The number of halogens is 1. The molecule has 102 valence electrons. The minimum absolute atomic E-state index is 0.0824. The first-order valence-electron chi connectivity index (χ1n) is 5.59. The maximum absolute atomic E-state index is 11.6. The quantitative estimate of drug-likeness (QED) is 0.782. The fraction of sp³-hybridized carbons (Fsp3) is 0.636. The number of rotatable bonds is 6. The Labute approximate surface area is 111 Å². The molecule has 7 heteroatoms. The van der Waals surface area contributed by atoms with Crippen LogP contribution in [0.25, 0.3) is 0 Å². The lowest BCUT2D eigenvalue weighted by molar-refractivity contribution is -0.122. The van der Waals surface area contributed by atoms with Crippen molar-refractivity contribution in [2.75, 3.05) is 20.3 Å². The van der Waals surface area contributed by atoms with Crippen molar-refractivity contribution in [1.82, 2.24) is 15.1 Å². The third-order valence-corrected chi connectivity index (χ3v) is 3.03. The van der Waals surface area contributed by atoms with Gasteiger partial charge < -0.3 is 15.2 Å². The largest absolute Gasteiger partial charge is 0.389 e. The summed E-state index contributed by atoms with van der Waals surface area (Å²) in [5.74, 6) is -0.229. The van der Waals surface area contributed by atoms with Crippen molar-refractivity contribution < 1.29 is 14.6 Å². The van der Waals surface area contributed by atoms with Crippen LogP contribution in [0.5, 0.6) is 0 Å². The summed E-state index contributed by atoms with van der Waals surface area (Å²) in [6.45, 7) is 4.01. The highest BCUT2D eigenvalue weighted by molar-refractivity contribution is 6.31. The van der Waals surface area contributed by atoms with Crippen LogP contribution in [0.15, 0.2) is 0 Å². The van der Waals surface area contributed by atoms with Gasteiger partial charge in [-0.3, -0.25) is 9.48 Å². The minimum Gasteiger partial charge on any atom is -0.389 e. The number of nitrogens with zero attached hydrogens (tertiary/aromatic N) is 2. The molecular formula is C11H18ClN3O3. The lowest BCUT2D eigenvalue weighted by Gasteiger charge is -2.11. The summed E-state index contributed by atoms with van der Waals surface area (Å²) in [4.78, 5) is 11.6. The summed E-state index contributed by atoms with van der Waals surface area (Å²) in [5.41, 5.74) is 1.45. The van der Waals surface area contributed by atoms with Gasteiger partial charge in [0.15, 0.2) is 0 Å². The van der Waals surface area contributed by atoms with Gasteiger partial charge in [0.2, 0.25) is 5.91 Å². The fourth-order valence-corrected chi connectivity index (χ4v) is 1.64. The highest BCUT2D eigenvalue weighted by Gasteiger charge is 2.12. The number of aryl methyl sites for hydroxylation is 1. The first kappa shape index (κ1) is 14.9. The van der Waals surface area contributed by atoms with Gasteiger partial charge in [0, 0.05) is 13.7 Å². The van der Waals surface area contributed by atoms with Crippen molar-refractivity contribution in [3.8, 4) is 0 Å². The van der Waals surface area contributed by atoms with E-state index in [-0.39, 0.29) is 25.6 Å². The normalized spacial score (nSPS) is 12.5. The number of aliphatic hydroxyl groups excluding tert-OH is 1. The number of hydrogen-bond donors (Lipinski definition) is 2. The van der Waals surface area contributed by atoms with E-state index in [0.717, 1.165) is 5.69 Å². The number of hydrogen-bond acceptors (Lipinski definition) is 4. The molecule has 1 atom stereocenters. The van der Waals surface area contributed by atoms with E-state index in [2.05, 4.69) is 10.4 Å². The maximum atomic E-state index is 11.6. The Morgan fingerprint density at radius 1 is 1.61 bits per heavy atom. The zero-order chi connectivity index (χ0) is 13.7. The minimum atomic E-state index is -0.706. The molecule has 18 heavy (non-hydrogen) atoms. The summed E-state index contributed by atoms with van der Waals surface area (Å²) in [5, 5.41) is 16.7. The second kappa shape index (κ2) is 6.72. The number of carbonyl (C=O) groups is 1. The highest BCUT2D eigenvalue weighted by Crippen LogP contribution is 2.18. The summed E-state index contributed by atoms with van der Waals surface area (Å²) in [7, 11) is 1.49. The Bertz CT molecular complexity index is 420. The van der Waals surface area contributed by atoms with Crippen molar-refractivity contribution in [2.24, 2.45) is 0 Å². The van der Waals surface area contributed by atoms with Crippen LogP contribution in [0, 0.1) is 13.8 Å².